The summed E-state index contributed by atoms with van der Waals surface area (Å²) in [6, 6.07) is -1.38. The lowest BCUT2D eigenvalue weighted by atomic mass is 10.1. The van der Waals surface area contributed by atoms with Gasteiger partial charge in [-0.2, -0.15) is 0 Å². The minimum atomic E-state index is -1.38. The van der Waals surface area contributed by atoms with E-state index < -0.39 is 24.5 Å². The van der Waals surface area contributed by atoms with Gasteiger partial charge in [0.15, 0.2) is 0 Å². The van der Waals surface area contributed by atoms with Crippen molar-refractivity contribution in [3.8, 4) is 0 Å². The molecule has 2 unspecified atom stereocenters. The molecular weight excluding hydrogens is 596 g/mol. The van der Waals surface area contributed by atoms with Crippen LogP contribution in [0.2, 0.25) is 0 Å². The lowest BCUT2D eigenvalue weighted by Gasteiger charge is -2.15. The Bertz CT molecular complexity index is 900. The van der Waals surface area contributed by atoms with Crippen molar-refractivity contribution in [1.82, 2.24) is 10.6 Å². The van der Waals surface area contributed by atoms with E-state index in [0.29, 0.717) is 19.3 Å². The van der Waals surface area contributed by atoms with Gasteiger partial charge < -0.3 is 25.6 Å². The molecule has 0 aromatic carbocycles. The van der Waals surface area contributed by atoms with Crippen LogP contribution in [0.25, 0.3) is 0 Å². The zero-order valence-electron chi connectivity index (χ0n) is 29.5. The van der Waals surface area contributed by atoms with E-state index in [0.717, 1.165) is 83.5 Å². The van der Waals surface area contributed by atoms with E-state index in [-0.39, 0.29) is 24.5 Å². The summed E-state index contributed by atoms with van der Waals surface area (Å²) < 4.78 is 5.87. The summed E-state index contributed by atoms with van der Waals surface area (Å²) in [7, 11) is 0. The molecule has 0 aliphatic heterocycles. The maximum Gasteiger partial charge on any atom is 0.328 e. The molecule has 270 valence electrons. The smallest absolute Gasteiger partial charge is 0.328 e. The van der Waals surface area contributed by atoms with Crippen LogP contribution in [0.15, 0.2) is 36.5 Å². The van der Waals surface area contributed by atoms with Crippen molar-refractivity contribution in [3.63, 3.8) is 0 Å². The summed E-state index contributed by atoms with van der Waals surface area (Å²) in [6.45, 7) is 3.36. The van der Waals surface area contributed by atoms with Crippen LogP contribution in [-0.2, 0) is 23.9 Å². The number of aliphatic hydroxyl groups excluding tert-OH is 1. The number of aliphatic hydroxyl groups is 1. The molecule has 4 N–H and O–H groups in total. The van der Waals surface area contributed by atoms with Crippen LogP contribution in [0.5, 0.6) is 0 Å². The average molecular weight is 663 g/mol. The molecule has 0 aliphatic carbocycles. The first kappa shape index (κ1) is 44.1. The van der Waals surface area contributed by atoms with Crippen molar-refractivity contribution in [2.24, 2.45) is 0 Å². The fourth-order valence-corrected chi connectivity index (χ4v) is 4.96. The molecule has 0 aromatic rings. The van der Waals surface area contributed by atoms with Crippen LogP contribution in [0.4, 0.5) is 0 Å². The molecule has 0 saturated carbocycles. The Morgan fingerprint density at radius 3 is 1.91 bits per heavy atom. The van der Waals surface area contributed by atoms with E-state index in [1.165, 1.54) is 38.5 Å². The van der Waals surface area contributed by atoms with Gasteiger partial charge in [0.25, 0.3) is 0 Å². The van der Waals surface area contributed by atoms with E-state index in [1.54, 1.807) is 0 Å². The Morgan fingerprint density at radius 2 is 1.26 bits per heavy atom. The highest BCUT2D eigenvalue weighted by Gasteiger charge is 2.18. The predicted octanol–water partition coefficient (Wildman–Crippen LogP) is 7.87. The molecule has 0 saturated heterocycles. The quantitative estimate of drug-likeness (QED) is 0.0326. The van der Waals surface area contributed by atoms with Crippen molar-refractivity contribution < 1.29 is 34.1 Å². The Hall–Kier alpha value is -2.94. The lowest BCUT2D eigenvalue weighted by molar-refractivity contribution is -0.147. The summed E-state index contributed by atoms with van der Waals surface area (Å²) >= 11 is 0. The summed E-state index contributed by atoms with van der Waals surface area (Å²) in [5.41, 5.74) is 0. The molecule has 0 spiro atoms. The van der Waals surface area contributed by atoms with Crippen LogP contribution >= 0.6 is 0 Å². The number of hydrogen-bond donors (Lipinski definition) is 4. The van der Waals surface area contributed by atoms with Gasteiger partial charge in [0, 0.05) is 12.8 Å². The van der Waals surface area contributed by atoms with E-state index >= 15 is 0 Å². The molecule has 0 rings (SSSR count). The van der Waals surface area contributed by atoms with Gasteiger partial charge in [0.1, 0.15) is 12.1 Å². The molecule has 0 heterocycles. The SMILES string of the molecule is CCC/C=C\CCCCCCCC(=O)OC(/C=C\C/C=C\CCCCC)CCCCCCCCC(=O)NCC(=O)NC(CO)C(=O)O. The molecule has 2 atom stereocenters. The molecule has 0 aliphatic rings. The standard InChI is InChI=1S/C38H66N2O7/c1-3-5-7-9-11-13-14-16-22-26-30-37(44)47-33(27-23-19-15-12-10-8-6-4-2)28-24-20-17-18-21-25-29-35(42)39-31-36(43)40-34(32-41)38(45)46/h7,9,12,15,23,27,33-34,41H,3-6,8,10-11,13-14,16-22,24-26,28-32H2,1-2H3,(H,39,42)(H,40,43)(H,45,46)/b9-7-,15-12-,27-23-. The number of carbonyl (C=O) groups excluding carboxylic acids is 3. The van der Waals surface area contributed by atoms with Crippen LogP contribution < -0.4 is 10.6 Å². The monoisotopic (exact) mass is 662 g/mol. The molecule has 0 bridgehead atoms. The number of carbonyl (C=O) groups is 4. The van der Waals surface area contributed by atoms with E-state index in [2.05, 4.69) is 54.9 Å². The maximum atomic E-state index is 12.6. The third kappa shape index (κ3) is 30.2. The maximum absolute atomic E-state index is 12.6. The average Bonchev–Trinajstić information content (AvgIpc) is 3.05. The third-order valence-corrected chi connectivity index (χ3v) is 7.82. The van der Waals surface area contributed by atoms with Crippen LogP contribution in [0.3, 0.4) is 0 Å². The number of esters is 1. The topological polar surface area (TPSA) is 142 Å². The Labute approximate surface area is 285 Å². The van der Waals surface area contributed by atoms with Crippen molar-refractivity contribution in [2.75, 3.05) is 13.2 Å². The number of unbranched alkanes of at least 4 members (excludes halogenated alkanes) is 14. The van der Waals surface area contributed by atoms with Gasteiger partial charge in [-0.15, -0.1) is 0 Å². The molecule has 47 heavy (non-hydrogen) atoms. The molecule has 9 nitrogen and oxygen atoms in total. The fraction of sp³-hybridized carbons (Fsp3) is 0.737. The molecular formula is C38H66N2O7. The number of amides is 2. The second-order valence-corrected chi connectivity index (χ2v) is 12.3. The van der Waals surface area contributed by atoms with Crippen molar-refractivity contribution in [3.05, 3.63) is 36.5 Å². The highest BCUT2D eigenvalue weighted by molar-refractivity contribution is 5.87. The van der Waals surface area contributed by atoms with Crippen LogP contribution in [0, 0.1) is 0 Å². The van der Waals surface area contributed by atoms with Gasteiger partial charge in [-0.3, -0.25) is 14.4 Å². The van der Waals surface area contributed by atoms with Gasteiger partial charge in [0.05, 0.1) is 13.2 Å². The predicted molar refractivity (Wildman–Crippen MR) is 190 cm³/mol. The van der Waals surface area contributed by atoms with Crippen LogP contribution in [0.1, 0.15) is 155 Å². The lowest BCUT2D eigenvalue weighted by Crippen LogP contribution is -2.47. The molecule has 0 aromatic heterocycles. The van der Waals surface area contributed by atoms with E-state index in [4.69, 9.17) is 14.9 Å². The van der Waals surface area contributed by atoms with E-state index in [9.17, 15) is 19.2 Å². The van der Waals surface area contributed by atoms with Gasteiger partial charge >= 0.3 is 11.9 Å². The van der Waals surface area contributed by atoms with E-state index in [1.807, 2.05) is 6.08 Å². The highest BCUT2D eigenvalue weighted by atomic mass is 16.5. The minimum absolute atomic E-state index is 0.108. The normalized spacial score (nSPS) is 12.9. The molecule has 9 heteroatoms. The summed E-state index contributed by atoms with van der Waals surface area (Å²) in [4.78, 5) is 47.1. The number of carboxylic acid groups (broad SMARTS) is 1. The van der Waals surface area contributed by atoms with Crippen molar-refractivity contribution >= 4 is 23.8 Å². The Balaban J connectivity index is 4.31. The summed E-state index contributed by atoms with van der Waals surface area (Å²) in [5, 5.41) is 22.4. The number of ether oxygens (including phenoxy) is 1. The molecule has 0 radical (unpaired) electrons. The number of rotatable bonds is 32. The first-order valence-corrected chi connectivity index (χ1v) is 18.4. The van der Waals surface area contributed by atoms with Gasteiger partial charge in [-0.05, 0) is 70.3 Å². The number of aliphatic carboxylic acids is 1. The Morgan fingerprint density at radius 1 is 0.660 bits per heavy atom. The van der Waals surface area contributed by atoms with Crippen molar-refractivity contribution in [1.29, 1.82) is 0 Å². The number of nitrogens with one attached hydrogen (secondary N) is 2. The largest absolute Gasteiger partial charge is 0.480 e. The van der Waals surface area contributed by atoms with Gasteiger partial charge in [0.2, 0.25) is 11.8 Å². The first-order valence-electron chi connectivity index (χ1n) is 18.4. The Kier molecular flexibility index (Phi) is 30.9. The minimum Gasteiger partial charge on any atom is -0.480 e. The van der Waals surface area contributed by atoms with Gasteiger partial charge in [-0.25, -0.2) is 4.79 Å². The summed E-state index contributed by atoms with van der Waals surface area (Å²) in [5.74, 6) is -2.37. The zero-order chi connectivity index (χ0) is 34.8. The zero-order valence-corrected chi connectivity index (χ0v) is 29.5. The molecule has 2 amide bonds. The number of carboxylic acids is 1. The second-order valence-electron chi connectivity index (χ2n) is 12.3. The summed E-state index contributed by atoms with van der Waals surface area (Å²) in [6.07, 6.45) is 34.8. The number of allylic oxidation sites excluding steroid dienone is 5. The second kappa shape index (κ2) is 33.0. The van der Waals surface area contributed by atoms with Gasteiger partial charge in [-0.1, -0.05) is 108 Å². The fourth-order valence-electron chi connectivity index (χ4n) is 4.96. The molecule has 0 fully saturated rings. The first-order chi connectivity index (χ1) is 22.8. The van der Waals surface area contributed by atoms with Crippen molar-refractivity contribution in [2.45, 2.75) is 167 Å². The number of hydrogen-bond acceptors (Lipinski definition) is 6. The van der Waals surface area contributed by atoms with Crippen LogP contribution in [-0.4, -0.2) is 59.3 Å². The third-order valence-electron chi connectivity index (χ3n) is 7.82. The highest BCUT2D eigenvalue weighted by Crippen LogP contribution is 2.15.